The smallest absolute Gasteiger partial charge is 0.352 e. The van der Waals surface area contributed by atoms with Crippen molar-refractivity contribution in [2.24, 2.45) is 7.05 Å². The number of aromatic nitrogens is 3. The molecule has 1 N–H and O–H groups in total. The summed E-state index contributed by atoms with van der Waals surface area (Å²) in [5.41, 5.74) is -3.80. The summed E-state index contributed by atoms with van der Waals surface area (Å²) in [5.74, 6) is -0.543. The third-order valence-electron chi connectivity index (χ3n) is 3.29. The van der Waals surface area contributed by atoms with Gasteiger partial charge >= 0.3 is 12.4 Å². The van der Waals surface area contributed by atoms with Crippen LogP contribution in [0.3, 0.4) is 0 Å². The van der Waals surface area contributed by atoms with Crippen LogP contribution in [0.4, 0.5) is 26.3 Å². The van der Waals surface area contributed by atoms with Crippen molar-refractivity contribution in [1.29, 1.82) is 0 Å². The van der Waals surface area contributed by atoms with E-state index in [1.807, 2.05) is 0 Å². The van der Waals surface area contributed by atoms with Gasteiger partial charge in [-0.1, -0.05) is 0 Å². The molecule has 0 unspecified atom stereocenters. The van der Waals surface area contributed by atoms with Gasteiger partial charge < -0.3 is 5.32 Å². The third kappa shape index (κ3) is 4.70. The first-order valence-corrected chi connectivity index (χ1v) is 6.89. The van der Waals surface area contributed by atoms with Crippen molar-refractivity contribution in [2.45, 2.75) is 18.8 Å². The highest BCUT2D eigenvalue weighted by molar-refractivity contribution is 5.94. The Bertz CT molecular complexity index is 733. The molecule has 1 aromatic heterocycles. The number of hydrogen-bond donors (Lipinski definition) is 1. The van der Waals surface area contributed by atoms with E-state index in [0.29, 0.717) is 18.0 Å². The molecule has 0 atom stereocenters. The molecular formula is C14H12F6N4O. The molecule has 136 valence electrons. The zero-order valence-electron chi connectivity index (χ0n) is 12.7. The predicted molar refractivity (Wildman–Crippen MR) is 73.5 cm³/mol. The average Bonchev–Trinajstić information content (AvgIpc) is 2.90. The maximum absolute atomic E-state index is 12.8. The number of alkyl halides is 6. The minimum atomic E-state index is -5.01. The largest absolute Gasteiger partial charge is 0.416 e. The van der Waals surface area contributed by atoms with Crippen LogP contribution in [0.2, 0.25) is 0 Å². The van der Waals surface area contributed by atoms with Gasteiger partial charge in [0.1, 0.15) is 12.2 Å². The first-order chi connectivity index (χ1) is 11.5. The number of nitrogens with one attached hydrogen (secondary N) is 1. The summed E-state index contributed by atoms with van der Waals surface area (Å²) in [4.78, 5) is 15.8. The molecule has 5 nitrogen and oxygen atoms in total. The van der Waals surface area contributed by atoms with E-state index < -0.39 is 35.0 Å². The van der Waals surface area contributed by atoms with Gasteiger partial charge in [-0.2, -0.15) is 31.4 Å². The van der Waals surface area contributed by atoms with Crippen LogP contribution in [0.25, 0.3) is 0 Å². The van der Waals surface area contributed by atoms with Gasteiger partial charge in [-0.25, -0.2) is 4.98 Å². The van der Waals surface area contributed by atoms with Crippen molar-refractivity contribution in [3.8, 4) is 0 Å². The Hall–Kier alpha value is -2.59. The molecule has 1 amide bonds. The van der Waals surface area contributed by atoms with Crippen LogP contribution in [-0.2, 0) is 25.8 Å². The minimum Gasteiger partial charge on any atom is -0.352 e. The molecule has 2 rings (SSSR count). The Morgan fingerprint density at radius 1 is 1.08 bits per heavy atom. The van der Waals surface area contributed by atoms with Gasteiger partial charge in [0.05, 0.1) is 11.1 Å². The highest BCUT2D eigenvalue weighted by Gasteiger charge is 2.37. The van der Waals surface area contributed by atoms with Crippen molar-refractivity contribution in [3.05, 3.63) is 47.0 Å². The molecule has 0 spiro atoms. The first-order valence-electron chi connectivity index (χ1n) is 6.89. The monoisotopic (exact) mass is 366 g/mol. The molecule has 2 aromatic rings. The van der Waals surface area contributed by atoms with Gasteiger partial charge in [-0.3, -0.25) is 9.48 Å². The van der Waals surface area contributed by atoms with Crippen LogP contribution in [0.5, 0.6) is 0 Å². The predicted octanol–water partition coefficient (Wildman–Crippen LogP) is 2.83. The van der Waals surface area contributed by atoms with Gasteiger partial charge in [-0.15, -0.1) is 0 Å². The van der Waals surface area contributed by atoms with E-state index in [2.05, 4.69) is 15.4 Å². The van der Waals surface area contributed by atoms with Crippen molar-refractivity contribution in [1.82, 2.24) is 20.1 Å². The molecule has 0 aliphatic heterocycles. The van der Waals surface area contributed by atoms with Crippen LogP contribution >= 0.6 is 0 Å². The van der Waals surface area contributed by atoms with Crippen LogP contribution in [0, 0.1) is 0 Å². The van der Waals surface area contributed by atoms with Gasteiger partial charge in [0.15, 0.2) is 0 Å². The van der Waals surface area contributed by atoms with E-state index >= 15 is 0 Å². The number of benzene rings is 1. The third-order valence-corrected chi connectivity index (χ3v) is 3.29. The highest BCUT2D eigenvalue weighted by Crippen LogP contribution is 2.36. The summed E-state index contributed by atoms with van der Waals surface area (Å²) >= 11 is 0. The van der Waals surface area contributed by atoms with E-state index in [9.17, 15) is 31.1 Å². The molecule has 1 heterocycles. The van der Waals surface area contributed by atoms with Crippen molar-refractivity contribution in [3.63, 3.8) is 0 Å². The Morgan fingerprint density at radius 3 is 2.08 bits per heavy atom. The van der Waals surface area contributed by atoms with E-state index in [1.165, 1.54) is 11.0 Å². The lowest BCUT2D eigenvalue weighted by atomic mass is 10.0. The van der Waals surface area contributed by atoms with Crippen LogP contribution < -0.4 is 5.32 Å². The number of carbonyl (C=O) groups is 1. The fourth-order valence-corrected chi connectivity index (χ4v) is 2.02. The average molecular weight is 366 g/mol. The van der Waals surface area contributed by atoms with Crippen LogP contribution in [-0.4, -0.2) is 27.2 Å². The Morgan fingerprint density at radius 2 is 1.64 bits per heavy atom. The molecule has 11 heteroatoms. The van der Waals surface area contributed by atoms with E-state index in [-0.39, 0.29) is 19.0 Å². The number of amides is 1. The molecule has 1 aromatic carbocycles. The van der Waals surface area contributed by atoms with Gasteiger partial charge in [0.2, 0.25) is 0 Å². The Kier molecular flexibility index (Phi) is 5.04. The quantitative estimate of drug-likeness (QED) is 0.847. The van der Waals surface area contributed by atoms with Crippen LogP contribution in [0.15, 0.2) is 24.5 Å². The maximum Gasteiger partial charge on any atom is 0.416 e. The second-order valence-electron chi connectivity index (χ2n) is 5.10. The number of hydrogen-bond acceptors (Lipinski definition) is 3. The molecule has 0 fully saturated rings. The lowest BCUT2D eigenvalue weighted by Gasteiger charge is -2.14. The van der Waals surface area contributed by atoms with Crippen molar-refractivity contribution < 1.29 is 31.1 Å². The zero-order valence-corrected chi connectivity index (χ0v) is 12.7. The van der Waals surface area contributed by atoms with Crippen molar-refractivity contribution in [2.75, 3.05) is 6.54 Å². The topological polar surface area (TPSA) is 59.8 Å². The summed E-state index contributed by atoms with van der Waals surface area (Å²) < 4.78 is 78.0. The van der Waals surface area contributed by atoms with Crippen molar-refractivity contribution >= 4 is 5.91 Å². The Balaban J connectivity index is 2.19. The molecule has 0 saturated heterocycles. The lowest BCUT2D eigenvalue weighted by Crippen LogP contribution is -2.27. The van der Waals surface area contributed by atoms with E-state index in [1.54, 1.807) is 7.05 Å². The summed E-state index contributed by atoms with van der Waals surface area (Å²) in [6.45, 7) is -0.0248. The zero-order chi connectivity index (χ0) is 18.8. The number of nitrogens with zero attached hydrogens (tertiary/aromatic N) is 3. The Labute approximate surface area is 137 Å². The maximum atomic E-state index is 12.8. The van der Waals surface area contributed by atoms with Gasteiger partial charge in [-0.05, 0) is 18.2 Å². The number of rotatable bonds is 4. The SMILES string of the molecule is Cn1ncnc1CCNC(=O)c1cc(C(F)(F)F)cc(C(F)(F)F)c1. The lowest BCUT2D eigenvalue weighted by molar-refractivity contribution is -0.143. The summed E-state index contributed by atoms with van der Waals surface area (Å²) in [6, 6.07) is 0.732. The van der Waals surface area contributed by atoms with E-state index in [4.69, 9.17) is 0 Å². The molecule has 0 radical (unpaired) electrons. The van der Waals surface area contributed by atoms with Crippen LogP contribution in [0.1, 0.15) is 27.3 Å². The number of aryl methyl sites for hydroxylation is 1. The molecule has 0 saturated carbocycles. The minimum absolute atomic E-state index is 0.0248. The number of halogens is 6. The first kappa shape index (κ1) is 18.7. The fraction of sp³-hybridized carbons (Fsp3) is 0.357. The molecular weight excluding hydrogens is 354 g/mol. The molecule has 0 aliphatic carbocycles. The van der Waals surface area contributed by atoms with E-state index in [0.717, 1.165) is 0 Å². The molecule has 25 heavy (non-hydrogen) atoms. The normalized spacial score (nSPS) is 12.3. The summed E-state index contributed by atoms with van der Waals surface area (Å²) in [6.07, 6.45) is -8.52. The number of carbonyl (C=O) groups excluding carboxylic acids is 1. The standard InChI is InChI=1S/C14H12F6N4O/c1-24-11(22-7-23-24)2-3-21-12(25)8-4-9(13(15,16)17)6-10(5-8)14(18,19)20/h4-7H,2-3H2,1H3,(H,21,25). The fourth-order valence-electron chi connectivity index (χ4n) is 2.02. The highest BCUT2D eigenvalue weighted by atomic mass is 19.4. The molecule has 0 aliphatic rings. The molecule has 0 bridgehead atoms. The van der Waals surface area contributed by atoms with Gasteiger partial charge in [0, 0.05) is 25.6 Å². The summed E-state index contributed by atoms with van der Waals surface area (Å²) in [5, 5.41) is 6.06. The van der Waals surface area contributed by atoms with Gasteiger partial charge in [0.25, 0.3) is 5.91 Å². The summed E-state index contributed by atoms with van der Waals surface area (Å²) in [7, 11) is 1.60. The second kappa shape index (κ2) is 6.73. The second-order valence-corrected chi connectivity index (χ2v) is 5.10.